The number of hydrogen-bond donors (Lipinski definition) is 0. The van der Waals surface area contributed by atoms with Crippen molar-refractivity contribution in [2.45, 2.75) is 26.3 Å². The van der Waals surface area contributed by atoms with Crippen LogP contribution in [-0.4, -0.2) is 34.8 Å². The van der Waals surface area contributed by atoms with Gasteiger partial charge < -0.3 is 9.15 Å². The first-order valence-electron chi connectivity index (χ1n) is 7.49. The highest BCUT2D eigenvalue weighted by Gasteiger charge is 2.22. The standard InChI is InChI=1S/C16H21N3O2/c1-13-17-18-16(21-13)11-19-9-5-6-14(10-19)12-20-15-7-3-2-4-8-15/h2-4,7-8,14H,5-6,9-12H2,1H3/t14-/m1/s1. The molecule has 0 unspecified atom stereocenters. The monoisotopic (exact) mass is 287 g/mol. The van der Waals surface area contributed by atoms with Gasteiger partial charge in [-0.1, -0.05) is 18.2 Å². The van der Waals surface area contributed by atoms with Gasteiger partial charge >= 0.3 is 0 Å². The van der Waals surface area contributed by atoms with Gasteiger partial charge in [-0.05, 0) is 31.5 Å². The Bertz CT molecular complexity index is 556. The molecule has 0 saturated carbocycles. The molecule has 5 heteroatoms. The van der Waals surface area contributed by atoms with Crippen LogP contribution in [0, 0.1) is 12.8 Å². The van der Waals surface area contributed by atoms with E-state index in [2.05, 4.69) is 15.1 Å². The van der Waals surface area contributed by atoms with Crippen LogP contribution in [0.3, 0.4) is 0 Å². The topological polar surface area (TPSA) is 51.4 Å². The maximum atomic E-state index is 5.87. The molecule has 0 aliphatic carbocycles. The summed E-state index contributed by atoms with van der Waals surface area (Å²) >= 11 is 0. The SMILES string of the molecule is Cc1nnc(CN2CCC[C@@H](COc3ccccc3)C2)o1. The largest absolute Gasteiger partial charge is 0.493 e. The van der Waals surface area contributed by atoms with Gasteiger partial charge in [-0.3, -0.25) is 4.90 Å². The van der Waals surface area contributed by atoms with Crippen LogP contribution in [0.4, 0.5) is 0 Å². The summed E-state index contributed by atoms with van der Waals surface area (Å²) in [6.07, 6.45) is 2.40. The van der Waals surface area contributed by atoms with E-state index in [9.17, 15) is 0 Å². The van der Waals surface area contributed by atoms with Crippen LogP contribution < -0.4 is 4.74 Å². The molecule has 1 aliphatic rings. The van der Waals surface area contributed by atoms with Gasteiger partial charge in [0.05, 0.1) is 13.2 Å². The summed E-state index contributed by atoms with van der Waals surface area (Å²) in [6.45, 7) is 5.44. The number of aromatic nitrogens is 2. The third-order valence-electron chi connectivity index (χ3n) is 3.76. The van der Waals surface area contributed by atoms with Crippen molar-refractivity contribution in [2.24, 2.45) is 5.92 Å². The van der Waals surface area contributed by atoms with Crippen molar-refractivity contribution in [1.82, 2.24) is 15.1 Å². The molecule has 2 aromatic rings. The lowest BCUT2D eigenvalue weighted by molar-refractivity contribution is 0.117. The Labute approximate surface area is 124 Å². The van der Waals surface area contributed by atoms with Crippen molar-refractivity contribution in [3.63, 3.8) is 0 Å². The Hall–Kier alpha value is -1.88. The lowest BCUT2D eigenvalue weighted by Crippen LogP contribution is -2.37. The molecule has 1 saturated heterocycles. The van der Waals surface area contributed by atoms with Crippen LogP contribution in [0.1, 0.15) is 24.6 Å². The minimum absolute atomic E-state index is 0.558. The van der Waals surface area contributed by atoms with Crippen molar-refractivity contribution < 1.29 is 9.15 Å². The van der Waals surface area contributed by atoms with E-state index in [1.165, 1.54) is 12.8 Å². The van der Waals surface area contributed by atoms with E-state index in [0.717, 1.165) is 32.0 Å². The first-order valence-corrected chi connectivity index (χ1v) is 7.49. The third kappa shape index (κ3) is 4.04. The molecule has 3 rings (SSSR count). The summed E-state index contributed by atoms with van der Waals surface area (Å²) in [4.78, 5) is 2.37. The van der Waals surface area contributed by atoms with Crippen LogP contribution in [-0.2, 0) is 6.54 Å². The zero-order chi connectivity index (χ0) is 14.5. The minimum atomic E-state index is 0.558. The number of nitrogens with zero attached hydrogens (tertiary/aromatic N) is 3. The Kier molecular flexibility index (Phi) is 4.50. The van der Waals surface area contributed by atoms with Crippen molar-refractivity contribution in [2.75, 3.05) is 19.7 Å². The summed E-state index contributed by atoms with van der Waals surface area (Å²) in [6, 6.07) is 10.0. The Morgan fingerprint density at radius 1 is 1.29 bits per heavy atom. The third-order valence-corrected chi connectivity index (χ3v) is 3.76. The van der Waals surface area contributed by atoms with Crippen molar-refractivity contribution >= 4 is 0 Å². The van der Waals surface area contributed by atoms with E-state index in [-0.39, 0.29) is 0 Å². The molecule has 0 radical (unpaired) electrons. The molecule has 0 spiro atoms. The van der Waals surface area contributed by atoms with E-state index in [1.807, 2.05) is 37.3 Å². The average molecular weight is 287 g/mol. The highest BCUT2D eigenvalue weighted by molar-refractivity contribution is 5.20. The average Bonchev–Trinajstić information content (AvgIpc) is 2.92. The summed E-state index contributed by atoms with van der Waals surface area (Å²) in [5, 5.41) is 7.95. The first-order chi connectivity index (χ1) is 10.3. The first kappa shape index (κ1) is 14.1. The second-order valence-electron chi connectivity index (χ2n) is 5.58. The van der Waals surface area contributed by atoms with Crippen LogP contribution in [0.2, 0.25) is 0 Å². The van der Waals surface area contributed by atoms with E-state index < -0.39 is 0 Å². The molecule has 5 nitrogen and oxygen atoms in total. The van der Waals surface area contributed by atoms with E-state index in [4.69, 9.17) is 9.15 Å². The quantitative estimate of drug-likeness (QED) is 0.846. The molecule has 1 aromatic heterocycles. The van der Waals surface area contributed by atoms with Crippen LogP contribution >= 0.6 is 0 Å². The minimum Gasteiger partial charge on any atom is -0.493 e. The Balaban J connectivity index is 1.49. The van der Waals surface area contributed by atoms with Gasteiger partial charge in [0.2, 0.25) is 11.8 Å². The molecule has 0 amide bonds. The molecule has 0 N–H and O–H groups in total. The van der Waals surface area contributed by atoms with Crippen LogP contribution in [0.5, 0.6) is 5.75 Å². The number of likely N-dealkylation sites (tertiary alicyclic amines) is 1. The van der Waals surface area contributed by atoms with Gasteiger partial charge in [0.25, 0.3) is 0 Å². The normalized spacial score (nSPS) is 19.6. The zero-order valence-electron chi connectivity index (χ0n) is 12.4. The number of rotatable bonds is 5. The predicted molar refractivity (Wildman–Crippen MR) is 79.0 cm³/mol. The van der Waals surface area contributed by atoms with E-state index in [1.54, 1.807) is 0 Å². The maximum Gasteiger partial charge on any atom is 0.230 e. The van der Waals surface area contributed by atoms with Gasteiger partial charge in [0.1, 0.15) is 5.75 Å². The molecule has 1 fully saturated rings. The number of piperidine rings is 1. The van der Waals surface area contributed by atoms with Crippen molar-refractivity contribution in [1.29, 1.82) is 0 Å². The van der Waals surface area contributed by atoms with E-state index >= 15 is 0 Å². The molecule has 21 heavy (non-hydrogen) atoms. The van der Waals surface area contributed by atoms with Gasteiger partial charge in [-0.25, -0.2) is 0 Å². The molecule has 2 heterocycles. The summed E-state index contributed by atoms with van der Waals surface area (Å²) < 4.78 is 11.3. The molecular formula is C16H21N3O2. The smallest absolute Gasteiger partial charge is 0.230 e. The van der Waals surface area contributed by atoms with Gasteiger partial charge in [0, 0.05) is 19.4 Å². The fraction of sp³-hybridized carbons (Fsp3) is 0.500. The molecule has 1 aromatic carbocycles. The number of benzene rings is 1. The molecule has 0 bridgehead atoms. The fourth-order valence-corrected chi connectivity index (χ4v) is 2.75. The van der Waals surface area contributed by atoms with Gasteiger partial charge in [-0.2, -0.15) is 0 Å². The van der Waals surface area contributed by atoms with Crippen LogP contribution in [0.15, 0.2) is 34.7 Å². The van der Waals surface area contributed by atoms with Gasteiger partial charge in [-0.15, -0.1) is 10.2 Å². The van der Waals surface area contributed by atoms with Crippen molar-refractivity contribution in [3.8, 4) is 5.75 Å². The Morgan fingerprint density at radius 3 is 2.90 bits per heavy atom. The second-order valence-corrected chi connectivity index (χ2v) is 5.58. The fourth-order valence-electron chi connectivity index (χ4n) is 2.75. The lowest BCUT2D eigenvalue weighted by atomic mass is 9.99. The summed E-state index contributed by atoms with van der Waals surface area (Å²) in [7, 11) is 0. The number of ether oxygens (including phenoxy) is 1. The zero-order valence-corrected chi connectivity index (χ0v) is 12.4. The second kappa shape index (κ2) is 6.72. The lowest BCUT2D eigenvalue weighted by Gasteiger charge is -2.31. The summed E-state index contributed by atoms with van der Waals surface area (Å²) in [5.74, 6) is 2.84. The highest BCUT2D eigenvalue weighted by Crippen LogP contribution is 2.20. The van der Waals surface area contributed by atoms with Gasteiger partial charge in [0.15, 0.2) is 0 Å². The number of para-hydroxylation sites is 1. The molecular weight excluding hydrogens is 266 g/mol. The molecule has 112 valence electrons. The molecule has 1 aliphatic heterocycles. The predicted octanol–water partition coefficient (Wildman–Crippen LogP) is 2.67. The molecule has 1 atom stereocenters. The summed E-state index contributed by atoms with van der Waals surface area (Å²) in [5.41, 5.74) is 0. The highest BCUT2D eigenvalue weighted by atomic mass is 16.5. The number of aryl methyl sites for hydroxylation is 1. The van der Waals surface area contributed by atoms with Crippen molar-refractivity contribution in [3.05, 3.63) is 42.1 Å². The van der Waals surface area contributed by atoms with E-state index in [0.29, 0.717) is 17.7 Å². The Morgan fingerprint density at radius 2 is 2.14 bits per heavy atom. The van der Waals surface area contributed by atoms with Crippen LogP contribution in [0.25, 0.3) is 0 Å². The number of hydrogen-bond acceptors (Lipinski definition) is 5. The maximum absolute atomic E-state index is 5.87.